The number of nitrogens with one attached hydrogen (secondary N) is 1. The molecule has 1 amide bonds. The van der Waals surface area contributed by atoms with E-state index in [0.717, 1.165) is 22.5 Å². The van der Waals surface area contributed by atoms with Crippen LogP contribution in [0.2, 0.25) is 0 Å². The van der Waals surface area contributed by atoms with Crippen molar-refractivity contribution in [3.8, 4) is 17.1 Å². The molecule has 0 saturated heterocycles. The Morgan fingerprint density at radius 2 is 1.80 bits per heavy atom. The Labute approximate surface area is 178 Å². The Balaban J connectivity index is 1.55. The smallest absolute Gasteiger partial charge is 0.230 e. The van der Waals surface area contributed by atoms with Gasteiger partial charge in [-0.05, 0) is 42.8 Å². The van der Waals surface area contributed by atoms with Gasteiger partial charge in [-0.3, -0.25) is 19.3 Å². The van der Waals surface area contributed by atoms with E-state index in [9.17, 15) is 4.79 Å². The van der Waals surface area contributed by atoms with E-state index in [1.54, 1.807) is 18.6 Å². The summed E-state index contributed by atoms with van der Waals surface area (Å²) in [7, 11) is 0. The van der Waals surface area contributed by atoms with Crippen LogP contribution in [-0.2, 0) is 11.3 Å². The highest BCUT2D eigenvalue weighted by atomic mass is 32.2. The van der Waals surface area contributed by atoms with Crippen molar-refractivity contribution in [3.05, 3.63) is 84.4 Å². The summed E-state index contributed by atoms with van der Waals surface area (Å²) in [5, 5.41) is 12.3. The lowest BCUT2D eigenvalue weighted by atomic mass is 10.2. The van der Waals surface area contributed by atoms with E-state index < -0.39 is 0 Å². The molecule has 0 bridgehead atoms. The lowest BCUT2D eigenvalue weighted by Gasteiger charge is -2.12. The van der Waals surface area contributed by atoms with Crippen molar-refractivity contribution in [1.29, 1.82) is 0 Å². The van der Waals surface area contributed by atoms with Gasteiger partial charge in [0, 0.05) is 24.2 Å². The molecular weight excluding hydrogens is 396 g/mol. The molecule has 0 spiro atoms. The first-order valence-corrected chi connectivity index (χ1v) is 10.4. The highest BCUT2D eigenvalue weighted by Crippen LogP contribution is 2.29. The quantitative estimate of drug-likeness (QED) is 0.465. The molecule has 3 aromatic heterocycles. The zero-order valence-electron chi connectivity index (χ0n) is 16.4. The van der Waals surface area contributed by atoms with E-state index in [1.165, 1.54) is 11.8 Å². The highest BCUT2D eigenvalue weighted by Gasteiger charge is 2.18. The fraction of sp³-hybridized carbons (Fsp3) is 0.136. The first-order valence-electron chi connectivity index (χ1n) is 9.43. The fourth-order valence-electron chi connectivity index (χ4n) is 2.96. The largest absolute Gasteiger partial charge is 0.350 e. The summed E-state index contributed by atoms with van der Waals surface area (Å²) in [6.07, 6.45) is 5.16. The normalized spacial score (nSPS) is 10.7. The summed E-state index contributed by atoms with van der Waals surface area (Å²) in [5.41, 5.74) is 3.80. The fourth-order valence-corrected chi connectivity index (χ4v) is 3.73. The van der Waals surface area contributed by atoms with Crippen LogP contribution in [0.15, 0.2) is 78.3 Å². The van der Waals surface area contributed by atoms with Crippen molar-refractivity contribution in [1.82, 2.24) is 30.0 Å². The molecular formula is C22H20N6OS. The van der Waals surface area contributed by atoms with Crippen LogP contribution in [0.4, 0.5) is 0 Å². The first-order chi connectivity index (χ1) is 14.7. The van der Waals surface area contributed by atoms with E-state index in [0.29, 0.717) is 17.5 Å². The maximum atomic E-state index is 12.4. The second kappa shape index (κ2) is 9.32. The first kappa shape index (κ1) is 19.8. The van der Waals surface area contributed by atoms with Gasteiger partial charge in [-0.15, -0.1) is 10.2 Å². The van der Waals surface area contributed by atoms with E-state index in [2.05, 4.69) is 25.5 Å². The topological polar surface area (TPSA) is 85.6 Å². The van der Waals surface area contributed by atoms with E-state index in [1.807, 2.05) is 66.1 Å². The van der Waals surface area contributed by atoms with Gasteiger partial charge in [-0.25, -0.2) is 0 Å². The molecule has 8 heteroatoms. The van der Waals surface area contributed by atoms with Crippen LogP contribution >= 0.6 is 11.8 Å². The molecule has 0 aliphatic rings. The van der Waals surface area contributed by atoms with Crippen LogP contribution in [-0.4, -0.2) is 36.4 Å². The van der Waals surface area contributed by atoms with E-state index in [-0.39, 0.29) is 11.7 Å². The number of amides is 1. The molecule has 30 heavy (non-hydrogen) atoms. The Kier molecular flexibility index (Phi) is 6.14. The SMILES string of the molecule is Cc1ccccc1-n1c(SCC(=O)NCc2ccccn2)nnc1-c1ccncc1. The minimum Gasteiger partial charge on any atom is -0.350 e. The minimum absolute atomic E-state index is 0.0875. The number of rotatable bonds is 7. The third-order valence-electron chi connectivity index (χ3n) is 4.45. The molecule has 0 aliphatic carbocycles. The van der Waals surface area contributed by atoms with Gasteiger partial charge >= 0.3 is 0 Å². The van der Waals surface area contributed by atoms with Crippen LogP contribution < -0.4 is 5.32 Å². The summed E-state index contributed by atoms with van der Waals surface area (Å²) in [6, 6.07) is 17.4. The molecule has 0 atom stereocenters. The molecule has 0 radical (unpaired) electrons. The molecule has 0 saturated carbocycles. The maximum Gasteiger partial charge on any atom is 0.230 e. The lowest BCUT2D eigenvalue weighted by Crippen LogP contribution is -2.25. The molecule has 0 fully saturated rings. The molecule has 0 aliphatic heterocycles. The number of hydrogen-bond acceptors (Lipinski definition) is 6. The van der Waals surface area contributed by atoms with Crippen LogP contribution in [0.3, 0.4) is 0 Å². The van der Waals surface area contributed by atoms with Crippen LogP contribution in [0, 0.1) is 6.92 Å². The Morgan fingerprint density at radius 1 is 1.00 bits per heavy atom. The van der Waals surface area contributed by atoms with Crippen LogP contribution in [0.25, 0.3) is 17.1 Å². The lowest BCUT2D eigenvalue weighted by molar-refractivity contribution is -0.118. The molecule has 1 N–H and O–H groups in total. The Hall–Kier alpha value is -3.52. The van der Waals surface area contributed by atoms with E-state index >= 15 is 0 Å². The predicted molar refractivity (Wildman–Crippen MR) is 116 cm³/mol. The Bertz CT molecular complexity index is 1130. The molecule has 150 valence electrons. The summed E-state index contributed by atoms with van der Waals surface area (Å²) >= 11 is 1.35. The number of carbonyl (C=O) groups excluding carboxylic acids is 1. The monoisotopic (exact) mass is 416 g/mol. The van der Waals surface area contributed by atoms with Gasteiger partial charge in [-0.2, -0.15) is 0 Å². The summed E-state index contributed by atoms with van der Waals surface area (Å²) < 4.78 is 1.99. The van der Waals surface area contributed by atoms with Crippen LogP contribution in [0.5, 0.6) is 0 Å². The molecule has 4 rings (SSSR count). The summed E-state index contributed by atoms with van der Waals surface area (Å²) in [4.78, 5) is 20.7. The number of benzene rings is 1. The zero-order chi connectivity index (χ0) is 20.8. The average molecular weight is 417 g/mol. The molecule has 4 aromatic rings. The number of hydrogen-bond donors (Lipinski definition) is 1. The number of para-hydroxylation sites is 1. The van der Waals surface area contributed by atoms with Crippen molar-refractivity contribution in [2.24, 2.45) is 0 Å². The van der Waals surface area contributed by atoms with E-state index in [4.69, 9.17) is 0 Å². The molecule has 7 nitrogen and oxygen atoms in total. The van der Waals surface area contributed by atoms with Gasteiger partial charge in [0.1, 0.15) is 0 Å². The van der Waals surface area contributed by atoms with Gasteiger partial charge in [0.15, 0.2) is 11.0 Å². The molecule has 3 heterocycles. The van der Waals surface area contributed by atoms with Gasteiger partial charge < -0.3 is 5.32 Å². The summed E-state index contributed by atoms with van der Waals surface area (Å²) in [5.74, 6) is 0.853. The maximum absolute atomic E-state index is 12.4. The van der Waals surface area contributed by atoms with Crippen molar-refractivity contribution < 1.29 is 4.79 Å². The Morgan fingerprint density at radius 3 is 2.57 bits per heavy atom. The number of pyridine rings is 2. The van der Waals surface area contributed by atoms with Crippen molar-refractivity contribution >= 4 is 17.7 Å². The second-order valence-corrected chi connectivity index (χ2v) is 7.49. The average Bonchev–Trinajstić information content (AvgIpc) is 3.21. The van der Waals surface area contributed by atoms with Crippen molar-refractivity contribution in [3.63, 3.8) is 0 Å². The van der Waals surface area contributed by atoms with Crippen LogP contribution in [0.1, 0.15) is 11.3 Å². The van der Waals surface area contributed by atoms with Crippen molar-refractivity contribution in [2.75, 3.05) is 5.75 Å². The predicted octanol–water partition coefficient (Wildman–Crippen LogP) is 3.44. The zero-order valence-corrected chi connectivity index (χ0v) is 17.2. The standard InChI is InChI=1S/C22H20N6OS/c1-16-6-2-3-8-19(16)28-21(17-9-12-23-13-10-17)26-27-22(28)30-15-20(29)25-14-18-7-4-5-11-24-18/h2-13H,14-15H2,1H3,(H,25,29). The molecule has 1 aromatic carbocycles. The second-order valence-electron chi connectivity index (χ2n) is 6.55. The van der Waals surface area contributed by atoms with Gasteiger partial charge in [-0.1, -0.05) is 36.0 Å². The number of thioether (sulfide) groups is 1. The molecule has 0 unspecified atom stereocenters. The van der Waals surface area contributed by atoms with Crippen molar-refractivity contribution in [2.45, 2.75) is 18.6 Å². The van der Waals surface area contributed by atoms with Gasteiger partial charge in [0.2, 0.25) is 5.91 Å². The number of nitrogens with zero attached hydrogens (tertiary/aromatic N) is 5. The van der Waals surface area contributed by atoms with Gasteiger partial charge in [0.25, 0.3) is 0 Å². The summed E-state index contributed by atoms with van der Waals surface area (Å²) in [6.45, 7) is 2.44. The number of carbonyl (C=O) groups is 1. The highest BCUT2D eigenvalue weighted by molar-refractivity contribution is 7.99. The third-order valence-corrected chi connectivity index (χ3v) is 5.38. The minimum atomic E-state index is -0.0875. The van der Waals surface area contributed by atoms with Gasteiger partial charge in [0.05, 0.1) is 23.7 Å². The third kappa shape index (κ3) is 4.55. The number of aromatic nitrogens is 5. The number of aryl methyl sites for hydroxylation is 1.